The zero-order valence-electron chi connectivity index (χ0n) is 12.1. The van der Waals surface area contributed by atoms with Crippen LogP contribution >= 0.6 is 0 Å². The van der Waals surface area contributed by atoms with Gasteiger partial charge in [-0.1, -0.05) is 32.9 Å². The standard InChI is InChI=1S/C16H24N2O/c1-16(2,3)15(19)18-9-5-7-13(11-18)12-6-4-8-14(17)10-12/h4,6,8,10,13H,5,7,9,11,17H2,1-3H3. The summed E-state index contributed by atoms with van der Waals surface area (Å²) in [6.07, 6.45) is 2.21. The summed E-state index contributed by atoms with van der Waals surface area (Å²) in [4.78, 5) is 14.4. The fourth-order valence-electron chi connectivity index (χ4n) is 2.72. The average molecular weight is 260 g/mol. The molecule has 2 rings (SSSR count). The summed E-state index contributed by atoms with van der Waals surface area (Å²) in [7, 11) is 0. The minimum Gasteiger partial charge on any atom is -0.399 e. The second-order valence-corrected chi connectivity index (χ2v) is 6.51. The Balaban J connectivity index is 2.11. The lowest BCUT2D eigenvalue weighted by atomic mass is 9.88. The third-order valence-electron chi connectivity index (χ3n) is 3.73. The highest BCUT2D eigenvalue weighted by atomic mass is 16.2. The molecule has 1 amide bonds. The summed E-state index contributed by atoms with van der Waals surface area (Å²) in [5.41, 5.74) is 7.61. The van der Waals surface area contributed by atoms with Crippen LogP contribution in [-0.2, 0) is 4.79 Å². The van der Waals surface area contributed by atoms with E-state index < -0.39 is 0 Å². The quantitative estimate of drug-likeness (QED) is 0.789. The van der Waals surface area contributed by atoms with E-state index in [0.717, 1.165) is 31.6 Å². The van der Waals surface area contributed by atoms with E-state index in [1.165, 1.54) is 5.56 Å². The lowest BCUT2D eigenvalue weighted by Crippen LogP contribution is -2.44. The highest BCUT2D eigenvalue weighted by Gasteiger charge is 2.31. The van der Waals surface area contributed by atoms with Gasteiger partial charge in [-0.15, -0.1) is 0 Å². The smallest absolute Gasteiger partial charge is 0.227 e. The number of amides is 1. The van der Waals surface area contributed by atoms with E-state index in [-0.39, 0.29) is 11.3 Å². The van der Waals surface area contributed by atoms with E-state index in [4.69, 9.17) is 5.73 Å². The van der Waals surface area contributed by atoms with Gasteiger partial charge in [0, 0.05) is 30.1 Å². The maximum absolute atomic E-state index is 12.4. The Bertz CT molecular complexity index is 462. The molecular formula is C16H24N2O. The number of rotatable bonds is 1. The van der Waals surface area contributed by atoms with Gasteiger partial charge in [-0.3, -0.25) is 4.79 Å². The molecule has 0 bridgehead atoms. The predicted molar refractivity (Wildman–Crippen MR) is 78.9 cm³/mol. The molecule has 0 aliphatic carbocycles. The summed E-state index contributed by atoms with van der Waals surface area (Å²) in [6, 6.07) is 8.06. The van der Waals surface area contributed by atoms with Gasteiger partial charge in [-0.25, -0.2) is 0 Å². The van der Waals surface area contributed by atoms with Crippen molar-refractivity contribution in [1.29, 1.82) is 0 Å². The zero-order chi connectivity index (χ0) is 14.0. The topological polar surface area (TPSA) is 46.3 Å². The van der Waals surface area contributed by atoms with E-state index in [0.29, 0.717) is 5.92 Å². The van der Waals surface area contributed by atoms with E-state index in [1.807, 2.05) is 43.9 Å². The predicted octanol–water partition coefficient (Wildman–Crippen LogP) is 3.02. The van der Waals surface area contributed by atoms with Crippen LogP contribution in [-0.4, -0.2) is 23.9 Å². The molecule has 0 aromatic heterocycles. The van der Waals surface area contributed by atoms with Crippen LogP contribution in [0, 0.1) is 5.41 Å². The molecule has 1 atom stereocenters. The van der Waals surface area contributed by atoms with E-state index in [1.54, 1.807) is 0 Å². The molecule has 0 saturated carbocycles. The number of hydrogen-bond donors (Lipinski definition) is 1. The Kier molecular flexibility index (Phi) is 3.83. The Morgan fingerprint density at radius 3 is 2.74 bits per heavy atom. The van der Waals surface area contributed by atoms with Crippen LogP contribution in [0.15, 0.2) is 24.3 Å². The highest BCUT2D eigenvalue weighted by molar-refractivity contribution is 5.81. The lowest BCUT2D eigenvalue weighted by Gasteiger charge is -2.36. The highest BCUT2D eigenvalue weighted by Crippen LogP contribution is 2.30. The van der Waals surface area contributed by atoms with Crippen molar-refractivity contribution in [3.05, 3.63) is 29.8 Å². The Morgan fingerprint density at radius 1 is 1.37 bits per heavy atom. The number of benzene rings is 1. The molecule has 0 spiro atoms. The van der Waals surface area contributed by atoms with Gasteiger partial charge in [0.2, 0.25) is 5.91 Å². The number of nitrogens with zero attached hydrogens (tertiary/aromatic N) is 1. The molecule has 104 valence electrons. The van der Waals surface area contributed by atoms with Gasteiger partial charge in [0.1, 0.15) is 0 Å². The summed E-state index contributed by atoms with van der Waals surface area (Å²) < 4.78 is 0. The van der Waals surface area contributed by atoms with Crippen molar-refractivity contribution >= 4 is 11.6 Å². The molecular weight excluding hydrogens is 236 g/mol. The van der Waals surface area contributed by atoms with Gasteiger partial charge in [0.15, 0.2) is 0 Å². The SMILES string of the molecule is CC(C)(C)C(=O)N1CCCC(c2cccc(N)c2)C1. The summed E-state index contributed by atoms with van der Waals surface area (Å²) in [5, 5.41) is 0. The van der Waals surface area contributed by atoms with Gasteiger partial charge < -0.3 is 10.6 Å². The van der Waals surface area contributed by atoms with Gasteiger partial charge in [0.05, 0.1) is 0 Å². The number of likely N-dealkylation sites (tertiary alicyclic amines) is 1. The molecule has 1 aromatic carbocycles. The van der Waals surface area contributed by atoms with Gasteiger partial charge in [0.25, 0.3) is 0 Å². The Hall–Kier alpha value is -1.51. The van der Waals surface area contributed by atoms with E-state index in [2.05, 4.69) is 6.07 Å². The van der Waals surface area contributed by atoms with E-state index in [9.17, 15) is 4.79 Å². The minimum absolute atomic E-state index is 0.251. The van der Waals surface area contributed by atoms with Gasteiger partial charge >= 0.3 is 0 Å². The first-order valence-electron chi connectivity index (χ1n) is 7.03. The lowest BCUT2D eigenvalue weighted by molar-refractivity contribution is -0.140. The summed E-state index contributed by atoms with van der Waals surface area (Å²) >= 11 is 0. The van der Waals surface area contributed by atoms with Crippen molar-refractivity contribution in [2.24, 2.45) is 5.41 Å². The van der Waals surface area contributed by atoms with Crippen molar-refractivity contribution < 1.29 is 4.79 Å². The maximum atomic E-state index is 12.4. The summed E-state index contributed by atoms with van der Waals surface area (Å²) in [5.74, 6) is 0.671. The van der Waals surface area contributed by atoms with Crippen LogP contribution < -0.4 is 5.73 Å². The van der Waals surface area contributed by atoms with Crippen molar-refractivity contribution in [2.45, 2.75) is 39.5 Å². The molecule has 1 aromatic rings. The van der Waals surface area contributed by atoms with Crippen LogP contribution in [0.1, 0.15) is 45.1 Å². The van der Waals surface area contributed by atoms with Crippen LogP contribution in [0.2, 0.25) is 0 Å². The first-order chi connectivity index (χ1) is 8.88. The normalized spacial score (nSPS) is 20.4. The molecule has 1 aliphatic rings. The summed E-state index contributed by atoms with van der Waals surface area (Å²) in [6.45, 7) is 7.66. The molecule has 1 aliphatic heterocycles. The Labute approximate surface area is 115 Å². The molecule has 1 unspecified atom stereocenters. The van der Waals surface area contributed by atoms with Gasteiger partial charge in [-0.2, -0.15) is 0 Å². The monoisotopic (exact) mass is 260 g/mol. The van der Waals surface area contributed by atoms with Crippen molar-refractivity contribution in [3.63, 3.8) is 0 Å². The molecule has 1 heterocycles. The number of anilines is 1. The first kappa shape index (κ1) is 13.9. The number of piperidine rings is 1. The fourth-order valence-corrected chi connectivity index (χ4v) is 2.72. The molecule has 19 heavy (non-hydrogen) atoms. The second-order valence-electron chi connectivity index (χ2n) is 6.51. The van der Waals surface area contributed by atoms with Crippen LogP contribution in [0.25, 0.3) is 0 Å². The average Bonchev–Trinajstić information content (AvgIpc) is 2.37. The van der Waals surface area contributed by atoms with Crippen LogP contribution in [0.4, 0.5) is 5.69 Å². The number of nitrogen functional groups attached to an aromatic ring is 1. The third-order valence-corrected chi connectivity index (χ3v) is 3.73. The molecule has 3 nitrogen and oxygen atoms in total. The minimum atomic E-state index is -0.294. The van der Waals surface area contributed by atoms with Crippen molar-refractivity contribution in [3.8, 4) is 0 Å². The Morgan fingerprint density at radius 2 is 2.11 bits per heavy atom. The number of carbonyl (C=O) groups excluding carboxylic acids is 1. The second kappa shape index (κ2) is 5.24. The molecule has 1 fully saturated rings. The molecule has 1 saturated heterocycles. The number of nitrogens with two attached hydrogens (primary N) is 1. The van der Waals surface area contributed by atoms with Gasteiger partial charge in [-0.05, 0) is 30.5 Å². The number of carbonyl (C=O) groups is 1. The van der Waals surface area contributed by atoms with E-state index >= 15 is 0 Å². The molecule has 3 heteroatoms. The molecule has 0 radical (unpaired) electrons. The number of hydrogen-bond acceptors (Lipinski definition) is 2. The van der Waals surface area contributed by atoms with Crippen molar-refractivity contribution in [2.75, 3.05) is 18.8 Å². The zero-order valence-corrected chi connectivity index (χ0v) is 12.1. The van der Waals surface area contributed by atoms with Crippen molar-refractivity contribution in [1.82, 2.24) is 4.90 Å². The molecule has 2 N–H and O–H groups in total. The van der Waals surface area contributed by atoms with Crippen LogP contribution in [0.3, 0.4) is 0 Å². The largest absolute Gasteiger partial charge is 0.399 e. The fraction of sp³-hybridized carbons (Fsp3) is 0.562. The third kappa shape index (κ3) is 3.28. The van der Waals surface area contributed by atoms with Crippen LogP contribution in [0.5, 0.6) is 0 Å². The first-order valence-corrected chi connectivity index (χ1v) is 7.03. The maximum Gasteiger partial charge on any atom is 0.227 e.